The van der Waals surface area contributed by atoms with Crippen molar-refractivity contribution < 1.29 is 27.9 Å². The zero-order chi connectivity index (χ0) is 26.0. The molecule has 4 rings (SSSR count). The summed E-state index contributed by atoms with van der Waals surface area (Å²) in [4.78, 5) is 36.6. The van der Waals surface area contributed by atoms with Crippen LogP contribution in [-0.2, 0) is 16.4 Å². The number of carboxylic acids is 1. The number of carbonyl (C=O) groups is 3. The third-order valence-corrected chi connectivity index (χ3v) is 7.96. The zero-order valence-electron chi connectivity index (χ0n) is 19.3. The number of sulfonamides is 1. The number of amides is 1. The number of ketones is 1. The van der Waals surface area contributed by atoms with Crippen LogP contribution in [0.1, 0.15) is 56.4 Å². The smallest absolute Gasteiger partial charge is 0.337 e. The average molecular weight is 527 g/mol. The molecule has 0 saturated carbocycles. The molecule has 1 amide bonds. The molecule has 1 heterocycles. The molecular formula is C26H23ClN2O6S. The Labute approximate surface area is 213 Å². The highest BCUT2D eigenvalue weighted by atomic mass is 35.5. The normalized spacial score (nSPS) is 12.8. The highest BCUT2D eigenvalue weighted by Crippen LogP contribution is 2.35. The number of nitrogens with zero attached hydrogens (tertiary/aromatic N) is 1. The van der Waals surface area contributed by atoms with Gasteiger partial charge < -0.3 is 10.4 Å². The van der Waals surface area contributed by atoms with E-state index in [0.717, 1.165) is 5.56 Å². The topological polar surface area (TPSA) is 121 Å². The molecule has 36 heavy (non-hydrogen) atoms. The molecule has 0 aromatic heterocycles. The van der Waals surface area contributed by atoms with Crippen LogP contribution in [0, 0.1) is 0 Å². The van der Waals surface area contributed by atoms with E-state index in [0.29, 0.717) is 23.6 Å². The summed E-state index contributed by atoms with van der Waals surface area (Å²) >= 11 is 6.06. The van der Waals surface area contributed by atoms with Crippen molar-refractivity contribution in [3.63, 3.8) is 0 Å². The first-order chi connectivity index (χ1) is 17.1. The summed E-state index contributed by atoms with van der Waals surface area (Å²) in [7, 11) is -3.87. The molecule has 3 aromatic carbocycles. The summed E-state index contributed by atoms with van der Waals surface area (Å²) in [6.45, 7) is 2.13. The fourth-order valence-electron chi connectivity index (χ4n) is 4.05. The van der Waals surface area contributed by atoms with Crippen LogP contribution in [0.15, 0.2) is 65.6 Å². The van der Waals surface area contributed by atoms with Gasteiger partial charge in [-0.25, -0.2) is 13.2 Å². The highest BCUT2D eigenvalue weighted by molar-refractivity contribution is 7.92. The van der Waals surface area contributed by atoms with Gasteiger partial charge in [0, 0.05) is 29.1 Å². The lowest BCUT2D eigenvalue weighted by atomic mass is 10.0. The molecule has 0 aliphatic carbocycles. The quantitative estimate of drug-likeness (QED) is 0.397. The molecule has 3 aromatic rings. The molecule has 0 bridgehead atoms. The monoisotopic (exact) mass is 526 g/mol. The predicted octanol–water partition coefficient (Wildman–Crippen LogP) is 5.02. The molecule has 0 spiro atoms. The van der Waals surface area contributed by atoms with Crippen molar-refractivity contribution in [1.29, 1.82) is 0 Å². The molecule has 1 aliphatic rings. The first kappa shape index (κ1) is 25.4. The number of hydrogen-bond donors (Lipinski definition) is 2. The van der Waals surface area contributed by atoms with Crippen LogP contribution in [0.4, 0.5) is 11.4 Å². The van der Waals surface area contributed by atoms with Gasteiger partial charge in [-0.1, -0.05) is 24.6 Å². The van der Waals surface area contributed by atoms with Crippen molar-refractivity contribution in [3.05, 3.63) is 87.9 Å². The molecule has 0 radical (unpaired) electrons. The van der Waals surface area contributed by atoms with Gasteiger partial charge in [-0.05, 0) is 73.0 Å². The minimum atomic E-state index is -3.87. The first-order valence-electron chi connectivity index (χ1n) is 11.2. The number of fused-ring (bicyclic) bond motifs is 1. The van der Waals surface area contributed by atoms with Crippen molar-refractivity contribution in [2.45, 2.75) is 31.1 Å². The van der Waals surface area contributed by atoms with Crippen LogP contribution in [0.2, 0.25) is 5.02 Å². The Hall–Kier alpha value is -3.69. The van der Waals surface area contributed by atoms with Crippen molar-refractivity contribution >= 4 is 50.7 Å². The summed E-state index contributed by atoms with van der Waals surface area (Å²) < 4.78 is 27.7. The second-order valence-corrected chi connectivity index (χ2v) is 10.6. The number of nitrogens with one attached hydrogen (secondary N) is 1. The Kier molecular flexibility index (Phi) is 7.14. The largest absolute Gasteiger partial charge is 0.478 e. The number of carboxylic acid groups (broad SMARTS) is 1. The van der Waals surface area contributed by atoms with Crippen LogP contribution >= 0.6 is 11.6 Å². The van der Waals surface area contributed by atoms with Crippen LogP contribution < -0.4 is 9.62 Å². The Morgan fingerprint density at radius 3 is 2.36 bits per heavy atom. The third-order valence-electron chi connectivity index (χ3n) is 5.90. The summed E-state index contributed by atoms with van der Waals surface area (Å²) in [5.41, 5.74) is 1.63. The number of carbonyl (C=O) groups excluding carboxylic acids is 2. The van der Waals surface area contributed by atoms with Gasteiger partial charge in [0.15, 0.2) is 5.78 Å². The van der Waals surface area contributed by atoms with Crippen LogP contribution in [-0.4, -0.2) is 37.7 Å². The maximum Gasteiger partial charge on any atom is 0.337 e. The van der Waals surface area contributed by atoms with Crippen LogP contribution in [0.3, 0.4) is 0 Å². The predicted molar refractivity (Wildman–Crippen MR) is 137 cm³/mol. The summed E-state index contributed by atoms with van der Waals surface area (Å²) in [5.74, 6) is -2.09. The third kappa shape index (κ3) is 4.98. The number of anilines is 2. The lowest BCUT2D eigenvalue weighted by Gasteiger charge is -2.20. The van der Waals surface area contributed by atoms with Gasteiger partial charge in [0.05, 0.1) is 21.8 Å². The van der Waals surface area contributed by atoms with E-state index in [2.05, 4.69) is 5.32 Å². The van der Waals surface area contributed by atoms with E-state index in [4.69, 9.17) is 11.6 Å². The summed E-state index contributed by atoms with van der Waals surface area (Å²) in [5, 5.41) is 12.5. The van der Waals surface area contributed by atoms with E-state index < -0.39 is 21.9 Å². The minimum Gasteiger partial charge on any atom is -0.478 e. The molecule has 2 N–H and O–H groups in total. The van der Waals surface area contributed by atoms with Crippen LogP contribution in [0.25, 0.3) is 0 Å². The molecule has 1 aliphatic heterocycles. The van der Waals surface area contributed by atoms with Gasteiger partial charge in [0.1, 0.15) is 0 Å². The second-order valence-electron chi connectivity index (χ2n) is 8.32. The number of benzene rings is 3. The Morgan fingerprint density at radius 2 is 1.69 bits per heavy atom. The number of Topliss-reactive ketones (excluding diaryl/α,β-unsaturated/α-hetero) is 1. The molecule has 0 saturated heterocycles. The van der Waals surface area contributed by atoms with Gasteiger partial charge in [0.25, 0.3) is 15.9 Å². The second kappa shape index (κ2) is 10.1. The molecule has 10 heteroatoms. The molecule has 0 fully saturated rings. The maximum absolute atomic E-state index is 13.2. The Bertz CT molecular complexity index is 1470. The van der Waals surface area contributed by atoms with E-state index in [1.165, 1.54) is 46.8 Å². The fraction of sp³-hybridized carbons (Fsp3) is 0.192. The summed E-state index contributed by atoms with van der Waals surface area (Å²) in [6.07, 6.45) is 1.49. The van der Waals surface area contributed by atoms with Crippen molar-refractivity contribution in [2.24, 2.45) is 0 Å². The average Bonchev–Trinajstić information content (AvgIpc) is 3.28. The highest BCUT2D eigenvalue weighted by Gasteiger charge is 2.31. The Morgan fingerprint density at radius 1 is 1.00 bits per heavy atom. The van der Waals surface area contributed by atoms with Gasteiger partial charge >= 0.3 is 5.97 Å². The standard InChI is InChI=1S/C26H23ClN2O6S/c1-2-3-24(30)18-7-11-22(21(14-18)26(32)33)28-25(31)17-5-9-20(10-6-17)36(34,35)29-13-12-16-4-8-19(27)15-23(16)29/h4-11,14-15H,2-3,12-13H2,1H3,(H,28,31)(H,32,33). The van der Waals surface area contributed by atoms with Gasteiger partial charge in [-0.3, -0.25) is 13.9 Å². The molecule has 186 valence electrons. The molecule has 0 unspecified atom stereocenters. The number of hydrogen-bond acceptors (Lipinski definition) is 5. The first-order valence-corrected chi connectivity index (χ1v) is 13.1. The Balaban J connectivity index is 1.55. The zero-order valence-corrected chi connectivity index (χ0v) is 20.9. The van der Waals surface area contributed by atoms with Gasteiger partial charge in [-0.15, -0.1) is 0 Å². The summed E-state index contributed by atoms with van der Waals surface area (Å²) in [6, 6.07) is 14.6. The SMILES string of the molecule is CCCC(=O)c1ccc(NC(=O)c2ccc(S(=O)(=O)N3CCc4ccc(Cl)cc43)cc2)c(C(=O)O)c1. The molecular weight excluding hydrogens is 504 g/mol. The van der Waals surface area contributed by atoms with E-state index in [1.807, 2.05) is 6.92 Å². The number of aromatic carboxylic acids is 1. The van der Waals surface area contributed by atoms with Crippen molar-refractivity contribution in [2.75, 3.05) is 16.2 Å². The fourth-order valence-corrected chi connectivity index (χ4v) is 5.71. The van der Waals surface area contributed by atoms with E-state index in [1.54, 1.807) is 18.2 Å². The van der Waals surface area contributed by atoms with Crippen LogP contribution in [0.5, 0.6) is 0 Å². The maximum atomic E-state index is 13.2. The lowest BCUT2D eigenvalue weighted by Crippen LogP contribution is -2.29. The number of rotatable bonds is 8. The van der Waals surface area contributed by atoms with Crippen molar-refractivity contribution in [1.82, 2.24) is 0 Å². The number of halogens is 1. The molecule has 0 atom stereocenters. The lowest BCUT2D eigenvalue weighted by molar-refractivity contribution is 0.0698. The van der Waals surface area contributed by atoms with Gasteiger partial charge in [0.2, 0.25) is 0 Å². The van der Waals surface area contributed by atoms with E-state index >= 15 is 0 Å². The van der Waals surface area contributed by atoms with Crippen molar-refractivity contribution in [3.8, 4) is 0 Å². The minimum absolute atomic E-state index is 0.0110. The van der Waals surface area contributed by atoms with Gasteiger partial charge in [-0.2, -0.15) is 0 Å². The van der Waals surface area contributed by atoms with E-state index in [-0.39, 0.29) is 46.0 Å². The molecule has 8 nitrogen and oxygen atoms in total. The van der Waals surface area contributed by atoms with E-state index in [9.17, 15) is 27.9 Å².